The lowest BCUT2D eigenvalue weighted by Gasteiger charge is -2.28. The van der Waals surface area contributed by atoms with Crippen molar-refractivity contribution in [3.8, 4) is 11.5 Å². The SMILES string of the molecule is COc1cccc(OC2CCCC(C)C2)c1N. The van der Waals surface area contributed by atoms with Crippen molar-refractivity contribution in [2.24, 2.45) is 5.92 Å². The number of anilines is 1. The van der Waals surface area contributed by atoms with Crippen LogP contribution in [0.3, 0.4) is 0 Å². The van der Waals surface area contributed by atoms with E-state index in [1.54, 1.807) is 7.11 Å². The molecule has 0 heterocycles. The van der Waals surface area contributed by atoms with Gasteiger partial charge >= 0.3 is 0 Å². The Bertz CT molecular complexity index is 378. The average Bonchev–Trinajstić information content (AvgIpc) is 2.32. The number of nitrogen functional groups attached to an aromatic ring is 1. The molecule has 2 atom stereocenters. The van der Waals surface area contributed by atoms with E-state index in [4.69, 9.17) is 15.2 Å². The van der Waals surface area contributed by atoms with Crippen molar-refractivity contribution in [2.45, 2.75) is 38.7 Å². The average molecular weight is 235 g/mol. The monoisotopic (exact) mass is 235 g/mol. The third kappa shape index (κ3) is 2.84. The predicted octanol–water partition coefficient (Wildman–Crippen LogP) is 3.23. The van der Waals surface area contributed by atoms with E-state index in [1.807, 2.05) is 18.2 Å². The van der Waals surface area contributed by atoms with E-state index in [2.05, 4.69) is 6.92 Å². The van der Waals surface area contributed by atoms with Gasteiger partial charge in [0.1, 0.15) is 17.2 Å². The van der Waals surface area contributed by atoms with Crippen LogP contribution in [0.5, 0.6) is 11.5 Å². The van der Waals surface area contributed by atoms with Gasteiger partial charge in [-0.05, 0) is 37.3 Å². The number of benzene rings is 1. The number of ether oxygens (including phenoxy) is 2. The highest BCUT2D eigenvalue weighted by Gasteiger charge is 2.21. The highest BCUT2D eigenvalue weighted by molar-refractivity contribution is 5.62. The van der Waals surface area contributed by atoms with E-state index >= 15 is 0 Å². The van der Waals surface area contributed by atoms with E-state index in [-0.39, 0.29) is 0 Å². The second-order valence-corrected chi connectivity index (χ2v) is 4.88. The first-order valence-electron chi connectivity index (χ1n) is 6.30. The summed E-state index contributed by atoms with van der Waals surface area (Å²) in [6, 6.07) is 5.68. The smallest absolute Gasteiger partial charge is 0.146 e. The molecule has 17 heavy (non-hydrogen) atoms. The molecule has 0 radical (unpaired) electrons. The molecule has 1 saturated carbocycles. The highest BCUT2D eigenvalue weighted by Crippen LogP contribution is 2.34. The van der Waals surface area contributed by atoms with Crippen LogP contribution in [0.2, 0.25) is 0 Å². The topological polar surface area (TPSA) is 44.5 Å². The van der Waals surface area contributed by atoms with Gasteiger partial charge in [-0.2, -0.15) is 0 Å². The molecule has 0 spiro atoms. The number of hydrogen-bond acceptors (Lipinski definition) is 3. The minimum absolute atomic E-state index is 0.299. The van der Waals surface area contributed by atoms with Crippen molar-refractivity contribution in [2.75, 3.05) is 12.8 Å². The second kappa shape index (κ2) is 5.30. The Morgan fingerprint density at radius 2 is 2.00 bits per heavy atom. The molecule has 0 bridgehead atoms. The van der Waals surface area contributed by atoms with E-state index in [0.717, 1.165) is 24.5 Å². The zero-order valence-corrected chi connectivity index (χ0v) is 10.6. The minimum Gasteiger partial charge on any atom is -0.494 e. The van der Waals surface area contributed by atoms with Crippen molar-refractivity contribution in [1.29, 1.82) is 0 Å². The Morgan fingerprint density at radius 3 is 2.71 bits per heavy atom. The lowest BCUT2D eigenvalue weighted by molar-refractivity contribution is 0.130. The summed E-state index contributed by atoms with van der Waals surface area (Å²) in [6.45, 7) is 2.28. The van der Waals surface area contributed by atoms with Gasteiger partial charge in [0.15, 0.2) is 0 Å². The van der Waals surface area contributed by atoms with Gasteiger partial charge in [0.05, 0.1) is 13.2 Å². The van der Waals surface area contributed by atoms with Crippen molar-refractivity contribution >= 4 is 5.69 Å². The Balaban J connectivity index is 2.07. The molecule has 1 aliphatic rings. The maximum atomic E-state index is 6.00. The third-order valence-corrected chi connectivity index (χ3v) is 3.43. The van der Waals surface area contributed by atoms with E-state index in [0.29, 0.717) is 17.5 Å². The summed E-state index contributed by atoms with van der Waals surface area (Å²) in [4.78, 5) is 0. The van der Waals surface area contributed by atoms with Gasteiger partial charge in [0.2, 0.25) is 0 Å². The lowest BCUT2D eigenvalue weighted by Crippen LogP contribution is -2.24. The highest BCUT2D eigenvalue weighted by atomic mass is 16.5. The first kappa shape index (κ1) is 12.1. The van der Waals surface area contributed by atoms with Gasteiger partial charge in [-0.1, -0.05) is 19.4 Å². The van der Waals surface area contributed by atoms with Gasteiger partial charge in [0, 0.05) is 0 Å². The second-order valence-electron chi connectivity index (χ2n) is 4.88. The number of nitrogens with two attached hydrogens (primary N) is 1. The number of para-hydroxylation sites is 1. The van der Waals surface area contributed by atoms with Crippen molar-refractivity contribution < 1.29 is 9.47 Å². The molecule has 0 saturated heterocycles. The molecule has 2 unspecified atom stereocenters. The molecule has 0 aromatic heterocycles. The molecule has 1 aromatic rings. The summed E-state index contributed by atoms with van der Waals surface area (Å²) in [6.07, 6.45) is 5.11. The first-order chi connectivity index (χ1) is 8.20. The van der Waals surface area contributed by atoms with E-state index in [1.165, 1.54) is 12.8 Å². The van der Waals surface area contributed by atoms with Gasteiger partial charge in [0.25, 0.3) is 0 Å². The van der Waals surface area contributed by atoms with Crippen molar-refractivity contribution in [3.63, 3.8) is 0 Å². The number of methoxy groups -OCH3 is 1. The molecule has 3 heteroatoms. The predicted molar refractivity (Wildman–Crippen MR) is 69.5 cm³/mol. The molecular formula is C14H21NO2. The van der Waals surface area contributed by atoms with E-state index in [9.17, 15) is 0 Å². The zero-order chi connectivity index (χ0) is 12.3. The summed E-state index contributed by atoms with van der Waals surface area (Å²) in [5.41, 5.74) is 6.60. The first-order valence-corrected chi connectivity index (χ1v) is 6.30. The van der Waals surface area contributed by atoms with Crippen LogP contribution in [0.1, 0.15) is 32.6 Å². The van der Waals surface area contributed by atoms with Crippen LogP contribution in [-0.4, -0.2) is 13.2 Å². The molecule has 1 aromatic carbocycles. The molecule has 1 aliphatic carbocycles. The molecular weight excluding hydrogens is 214 g/mol. The molecule has 3 nitrogen and oxygen atoms in total. The summed E-state index contributed by atoms with van der Waals surface area (Å²) in [7, 11) is 1.62. The fourth-order valence-electron chi connectivity index (χ4n) is 2.47. The Morgan fingerprint density at radius 1 is 1.24 bits per heavy atom. The van der Waals surface area contributed by atoms with Crippen molar-refractivity contribution in [1.82, 2.24) is 0 Å². The van der Waals surface area contributed by atoms with Gasteiger partial charge < -0.3 is 15.2 Å². The maximum absolute atomic E-state index is 6.00. The van der Waals surface area contributed by atoms with E-state index < -0.39 is 0 Å². The summed E-state index contributed by atoms with van der Waals surface area (Å²) in [5, 5.41) is 0. The molecule has 1 fully saturated rings. The van der Waals surface area contributed by atoms with Crippen LogP contribution in [0.4, 0.5) is 5.69 Å². The molecule has 0 aliphatic heterocycles. The number of hydrogen-bond donors (Lipinski definition) is 1. The fraction of sp³-hybridized carbons (Fsp3) is 0.571. The molecule has 94 valence electrons. The largest absolute Gasteiger partial charge is 0.494 e. The van der Waals surface area contributed by atoms with Gasteiger partial charge in [-0.25, -0.2) is 0 Å². The summed E-state index contributed by atoms with van der Waals surface area (Å²) >= 11 is 0. The Kier molecular flexibility index (Phi) is 3.77. The third-order valence-electron chi connectivity index (χ3n) is 3.43. The molecule has 2 N–H and O–H groups in total. The lowest BCUT2D eigenvalue weighted by atomic mass is 9.89. The Labute approximate surface area is 103 Å². The van der Waals surface area contributed by atoms with Gasteiger partial charge in [-0.15, -0.1) is 0 Å². The minimum atomic E-state index is 0.299. The normalized spacial score (nSPS) is 24.4. The maximum Gasteiger partial charge on any atom is 0.146 e. The van der Waals surface area contributed by atoms with Crippen LogP contribution in [0, 0.1) is 5.92 Å². The van der Waals surface area contributed by atoms with Crippen LogP contribution < -0.4 is 15.2 Å². The Hall–Kier alpha value is -1.38. The molecule has 2 rings (SSSR count). The molecule has 0 amide bonds. The van der Waals surface area contributed by atoms with Crippen LogP contribution in [0.15, 0.2) is 18.2 Å². The van der Waals surface area contributed by atoms with Gasteiger partial charge in [-0.3, -0.25) is 0 Å². The fourth-order valence-corrected chi connectivity index (χ4v) is 2.47. The number of rotatable bonds is 3. The quantitative estimate of drug-likeness (QED) is 0.818. The standard InChI is InChI=1S/C14H21NO2/c1-10-5-3-6-11(9-10)17-13-8-4-7-12(16-2)14(13)15/h4,7-8,10-11H,3,5-6,9,15H2,1-2H3. The van der Waals surface area contributed by atoms with Crippen LogP contribution in [0.25, 0.3) is 0 Å². The summed E-state index contributed by atoms with van der Waals surface area (Å²) in [5.74, 6) is 2.19. The van der Waals surface area contributed by atoms with Crippen molar-refractivity contribution in [3.05, 3.63) is 18.2 Å². The zero-order valence-electron chi connectivity index (χ0n) is 10.6. The van der Waals surface area contributed by atoms with Crippen LogP contribution in [-0.2, 0) is 0 Å². The summed E-state index contributed by atoms with van der Waals surface area (Å²) < 4.78 is 11.2. The van der Waals surface area contributed by atoms with Crippen LogP contribution >= 0.6 is 0 Å².